The number of aliphatic hydroxyl groups excluding tert-OH is 2. The van der Waals surface area contributed by atoms with E-state index in [2.05, 4.69) is 4.99 Å². The van der Waals surface area contributed by atoms with Gasteiger partial charge in [0.25, 0.3) is 0 Å². The fraction of sp³-hybridized carbons (Fsp3) is 0.632. The second kappa shape index (κ2) is 8.71. The third-order valence-electron chi connectivity index (χ3n) is 5.19. The molecule has 6 unspecified atom stereocenters. The molecule has 2 aliphatic rings. The van der Waals surface area contributed by atoms with Crippen LogP contribution >= 0.6 is 11.8 Å². The number of alkyl halides is 3. The van der Waals surface area contributed by atoms with Crippen molar-refractivity contribution >= 4 is 16.9 Å². The first-order valence-electron chi connectivity index (χ1n) is 9.25. The number of halogens is 3. The molecule has 0 radical (unpaired) electrons. The summed E-state index contributed by atoms with van der Waals surface area (Å²) in [7, 11) is 5.01. The van der Waals surface area contributed by atoms with Crippen molar-refractivity contribution in [1.82, 2.24) is 4.90 Å². The molecule has 0 aromatic heterocycles. The molecule has 2 N–H and O–H groups in total. The van der Waals surface area contributed by atoms with Gasteiger partial charge in [0, 0.05) is 14.1 Å². The minimum absolute atomic E-state index is 0.150. The smallest absolute Gasteiger partial charge is 0.394 e. The second-order valence-corrected chi connectivity index (χ2v) is 8.47. The fourth-order valence-electron chi connectivity index (χ4n) is 3.55. The molecular formula is C19H25F3N2O4S. The Morgan fingerprint density at radius 2 is 1.86 bits per heavy atom. The SMILES string of the molecule is COc1ccc(CCC(C2OC3SC(N(C)C)=NC3C(O)C2O)C(F)(F)F)cc1. The third-order valence-corrected chi connectivity index (χ3v) is 6.49. The number of amidine groups is 1. The number of hydrogen-bond acceptors (Lipinski definition) is 7. The van der Waals surface area contributed by atoms with Gasteiger partial charge in [-0.05, 0) is 30.5 Å². The van der Waals surface area contributed by atoms with Gasteiger partial charge in [-0.1, -0.05) is 23.9 Å². The number of aliphatic hydroxyl groups is 2. The van der Waals surface area contributed by atoms with E-state index in [4.69, 9.17) is 9.47 Å². The van der Waals surface area contributed by atoms with Crippen LogP contribution in [0.2, 0.25) is 0 Å². The highest BCUT2D eigenvalue weighted by atomic mass is 32.2. The Morgan fingerprint density at radius 1 is 1.21 bits per heavy atom. The van der Waals surface area contributed by atoms with Crippen LogP contribution in [0.5, 0.6) is 5.75 Å². The Bertz CT molecular complexity index is 729. The number of hydrogen-bond donors (Lipinski definition) is 2. The topological polar surface area (TPSA) is 74.5 Å². The zero-order valence-corrected chi connectivity index (χ0v) is 17.2. The van der Waals surface area contributed by atoms with Crippen LogP contribution in [0.25, 0.3) is 0 Å². The van der Waals surface area contributed by atoms with E-state index in [1.807, 2.05) is 0 Å². The van der Waals surface area contributed by atoms with E-state index in [-0.39, 0.29) is 12.8 Å². The number of thioether (sulfide) groups is 1. The maximum Gasteiger partial charge on any atom is 0.394 e. The highest BCUT2D eigenvalue weighted by Crippen LogP contribution is 2.43. The maximum atomic E-state index is 13.8. The third kappa shape index (κ3) is 4.82. The monoisotopic (exact) mass is 434 g/mol. The number of methoxy groups -OCH3 is 1. The highest BCUT2D eigenvalue weighted by Gasteiger charge is 2.56. The van der Waals surface area contributed by atoms with Gasteiger partial charge >= 0.3 is 6.18 Å². The van der Waals surface area contributed by atoms with Gasteiger partial charge in [0.1, 0.15) is 29.4 Å². The van der Waals surface area contributed by atoms with Crippen LogP contribution in [0, 0.1) is 5.92 Å². The van der Waals surface area contributed by atoms with Crippen LogP contribution in [0.1, 0.15) is 12.0 Å². The lowest BCUT2D eigenvalue weighted by Crippen LogP contribution is -2.59. The highest BCUT2D eigenvalue weighted by molar-refractivity contribution is 8.14. The lowest BCUT2D eigenvalue weighted by atomic mass is 9.85. The van der Waals surface area contributed by atoms with Crippen molar-refractivity contribution in [2.24, 2.45) is 10.9 Å². The van der Waals surface area contributed by atoms with Crippen molar-refractivity contribution in [3.8, 4) is 5.75 Å². The standard InChI is InChI=1S/C19H25F3N2O4S/c1-24(2)18-23-13-14(25)15(26)16(28-17(13)29-18)12(19(20,21)22)9-6-10-4-7-11(27-3)8-5-10/h4-5,7-8,12-17,25-26H,6,9H2,1-3H3. The van der Waals surface area contributed by atoms with Gasteiger partial charge in [-0.15, -0.1) is 0 Å². The van der Waals surface area contributed by atoms with E-state index in [0.29, 0.717) is 10.9 Å². The number of ether oxygens (including phenoxy) is 2. The molecular weight excluding hydrogens is 409 g/mol. The van der Waals surface area contributed by atoms with Gasteiger partial charge < -0.3 is 24.6 Å². The Morgan fingerprint density at radius 3 is 2.41 bits per heavy atom. The number of aryl methyl sites for hydroxylation is 1. The number of rotatable bonds is 5. The van der Waals surface area contributed by atoms with Crippen LogP contribution in [-0.2, 0) is 11.2 Å². The number of benzene rings is 1. The number of fused-ring (bicyclic) bond motifs is 1. The first kappa shape index (κ1) is 22.2. The molecule has 0 saturated carbocycles. The molecule has 0 aliphatic carbocycles. The molecule has 0 spiro atoms. The molecule has 1 fully saturated rings. The minimum atomic E-state index is -4.58. The molecule has 2 aliphatic heterocycles. The van der Waals surface area contributed by atoms with Crippen molar-refractivity contribution in [2.75, 3.05) is 21.2 Å². The maximum absolute atomic E-state index is 13.8. The van der Waals surface area contributed by atoms with E-state index in [9.17, 15) is 23.4 Å². The first-order valence-corrected chi connectivity index (χ1v) is 10.1. The van der Waals surface area contributed by atoms with Gasteiger partial charge in [0.15, 0.2) is 5.17 Å². The Kier molecular flexibility index (Phi) is 6.67. The predicted octanol–water partition coefficient (Wildman–Crippen LogP) is 2.29. The second-order valence-electron chi connectivity index (χ2n) is 7.40. The molecule has 29 heavy (non-hydrogen) atoms. The molecule has 6 nitrogen and oxygen atoms in total. The lowest BCUT2D eigenvalue weighted by Gasteiger charge is -2.42. The van der Waals surface area contributed by atoms with Gasteiger partial charge in [-0.3, -0.25) is 4.99 Å². The van der Waals surface area contributed by atoms with Gasteiger partial charge in [-0.2, -0.15) is 13.2 Å². The van der Waals surface area contributed by atoms with Gasteiger partial charge in [0.05, 0.1) is 19.1 Å². The molecule has 2 heterocycles. The summed E-state index contributed by atoms with van der Waals surface area (Å²) in [6, 6.07) is 6.00. The summed E-state index contributed by atoms with van der Waals surface area (Å²) >= 11 is 1.16. The van der Waals surface area contributed by atoms with Crippen molar-refractivity contribution in [2.45, 2.75) is 48.8 Å². The molecule has 6 atom stereocenters. The molecule has 1 aromatic rings. The summed E-state index contributed by atoms with van der Waals surface area (Å²) in [5.41, 5.74) is -0.0427. The molecule has 0 amide bonds. The first-order chi connectivity index (χ1) is 13.6. The molecule has 10 heteroatoms. The largest absolute Gasteiger partial charge is 0.497 e. The molecule has 162 valence electrons. The summed E-state index contributed by atoms with van der Waals surface area (Å²) in [4.78, 5) is 5.98. The van der Waals surface area contributed by atoms with E-state index >= 15 is 0 Å². The fourth-order valence-corrected chi connectivity index (χ4v) is 4.70. The predicted molar refractivity (Wildman–Crippen MR) is 104 cm³/mol. The van der Waals surface area contributed by atoms with E-state index in [0.717, 1.165) is 17.3 Å². The van der Waals surface area contributed by atoms with Crippen LogP contribution in [0.15, 0.2) is 29.3 Å². The summed E-state index contributed by atoms with van der Waals surface area (Å²) in [6.45, 7) is 0. The van der Waals surface area contributed by atoms with Gasteiger partial charge in [0.2, 0.25) is 0 Å². The Labute approximate surface area is 171 Å². The Balaban J connectivity index is 1.75. The van der Waals surface area contributed by atoms with Crippen LogP contribution in [0.3, 0.4) is 0 Å². The van der Waals surface area contributed by atoms with Crippen molar-refractivity contribution in [3.63, 3.8) is 0 Å². The summed E-state index contributed by atoms with van der Waals surface area (Å²) in [5.74, 6) is -1.30. The molecule has 1 aromatic carbocycles. The average Bonchev–Trinajstić information content (AvgIpc) is 3.10. The van der Waals surface area contributed by atoms with E-state index in [1.165, 1.54) is 7.11 Å². The van der Waals surface area contributed by atoms with E-state index in [1.54, 1.807) is 43.3 Å². The summed E-state index contributed by atoms with van der Waals surface area (Å²) < 4.78 is 52.2. The number of aliphatic imine (C=N–C) groups is 1. The molecule has 0 bridgehead atoms. The average molecular weight is 434 g/mol. The zero-order chi connectivity index (χ0) is 21.3. The summed E-state index contributed by atoms with van der Waals surface area (Å²) in [5, 5.41) is 21.4. The Hall–Kier alpha value is -1.49. The molecule has 3 rings (SSSR count). The molecule has 1 saturated heterocycles. The van der Waals surface area contributed by atoms with Crippen molar-refractivity contribution < 1.29 is 32.9 Å². The normalized spacial score (nSPS) is 30.5. The van der Waals surface area contributed by atoms with Crippen LogP contribution < -0.4 is 4.74 Å². The van der Waals surface area contributed by atoms with Crippen molar-refractivity contribution in [1.29, 1.82) is 0 Å². The summed E-state index contributed by atoms with van der Waals surface area (Å²) in [6.07, 6.45) is -9.36. The van der Waals surface area contributed by atoms with Crippen molar-refractivity contribution in [3.05, 3.63) is 29.8 Å². The van der Waals surface area contributed by atoms with Crippen LogP contribution in [-0.4, -0.2) is 77.5 Å². The zero-order valence-electron chi connectivity index (χ0n) is 16.3. The number of nitrogens with zero attached hydrogens (tertiary/aromatic N) is 2. The van der Waals surface area contributed by atoms with Gasteiger partial charge in [-0.25, -0.2) is 0 Å². The lowest BCUT2D eigenvalue weighted by molar-refractivity contribution is -0.250. The van der Waals surface area contributed by atoms with E-state index < -0.39 is 41.9 Å². The minimum Gasteiger partial charge on any atom is -0.497 e. The quantitative estimate of drug-likeness (QED) is 0.741. The van der Waals surface area contributed by atoms with Crippen LogP contribution in [0.4, 0.5) is 13.2 Å².